The number of benzene rings is 1. The lowest BCUT2D eigenvalue weighted by atomic mass is 9.92. The molecule has 0 spiro atoms. The number of carbonyl (C=O) groups is 1. The van der Waals surface area contributed by atoms with Crippen LogP contribution in [0.2, 0.25) is 5.02 Å². The number of hydrogen-bond acceptors (Lipinski definition) is 7. The normalized spacial score (nSPS) is 20.5. The van der Waals surface area contributed by atoms with E-state index >= 15 is 0 Å². The molecule has 1 fully saturated rings. The van der Waals surface area contributed by atoms with Crippen molar-refractivity contribution in [2.24, 2.45) is 0 Å². The van der Waals surface area contributed by atoms with Gasteiger partial charge in [0.15, 0.2) is 0 Å². The first-order chi connectivity index (χ1) is 17.8. The van der Waals surface area contributed by atoms with Crippen molar-refractivity contribution in [2.45, 2.75) is 31.3 Å². The number of hydrogen-bond donors (Lipinski definition) is 2. The molecular weight excluding hydrogens is 473 g/mol. The van der Waals surface area contributed by atoms with E-state index in [-0.39, 0.29) is 41.5 Å². The van der Waals surface area contributed by atoms with Crippen molar-refractivity contribution in [3.8, 4) is 16.9 Å². The number of carbonyl (C=O) groups excluding carboxylic acids is 1. The van der Waals surface area contributed by atoms with Gasteiger partial charge in [0.25, 0.3) is 0 Å². The van der Waals surface area contributed by atoms with Gasteiger partial charge < -0.3 is 15.6 Å². The first kappa shape index (κ1) is 19.2. The molecule has 5 heterocycles. The predicted octanol–water partition coefficient (Wildman–Crippen LogP) is 3.34. The number of nitrogens with zero attached hydrogens (tertiary/aromatic N) is 7. The summed E-state index contributed by atoms with van der Waals surface area (Å²) in [6, 6.07) is 4.13. The number of nitrogen functional groups attached to an aromatic ring is 1. The van der Waals surface area contributed by atoms with Gasteiger partial charge in [-0.1, -0.05) is 11.6 Å². The van der Waals surface area contributed by atoms with Gasteiger partial charge >= 0.3 is 0 Å². The minimum atomic E-state index is -0.803. The molecule has 0 aliphatic carbocycles. The van der Waals surface area contributed by atoms with Crippen molar-refractivity contribution in [1.82, 2.24) is 40.1 Å². The zero-order valence-corrected chi connectivity index (χ0v) is 18.9. The highest BCUT2D eigenvalue weighted by molar-refractivity contribution is 6.30. The fraction of sp³-hybridized carbons (Fsp3) is 0.217. The summed E-state index contributed by atoms with van der Waals surface area (Å²) >= 11 is 6.27. The lowest BCUT2D eigenvalue weighted by Crippen LogP contribution is -2.39. The molecule has 4 aromatic rings. The second-order valence-corrected chi connectivity index (χ2v) is 8.81. The number of nitrogens with one attached hydrogen (secondary N) is 1. The maximum Gasteiger partial charge on any atom is 0.247 e. The van der Waals surface area contributed by atoms with Crippen molar-refractivity contribution in [3.05, 3.63) is 71.2 Å². The number of anilines is 1. The minimum absolute atomic E-state index is 0.0851. The summed E-state index contributed by atoms with van der Waals surface area (Å²) in [6.45, 7) is 0. The van der Waals surface area contributed by atoms with Gasteiger partial charge in [-0.3, -0.25) is 4.79 Å². The van der Waals surface area contributed by atoms with E-state index in [1.165, 1.54) is 29.3 Å². The van der Waals surface area contributed by atoms with Gasteiger partial charge in [-0.2, -0.15) is 9.07 Å². The van der Waals surface area contributed by atoms with Gasteiger partial charge in [0, 0.05) is 22.7 Å². The summed E-state index contributed by atoms with van der Waals surface area (Å²) in [5.74, 6) is -0.671. The molecule has 3 N–H and O–H groups in total. The third kappa shape index (κ3) is 3.73. The summed E-state index contributed by atoms with van der Waals surface area (Å²) in [5, 5.41) is 11.6. The average Bonchev–Trinajstić information content (AvgIpc) is 3.61. The average molecular weight is 494 g/mol. The van der Waals surface area contributed by atoms with Crippen molar-refractivity contribution in [1.29, 1.82) is 0 Å². The summed E-state index contributed by atoms with van der Waals surface area (Å²) in [6.07, 6.45) is 6.35. The Morgan fingerprint density at radius 3 is 2.97 bits per heavy atom. The molecule has 0 saturated carbocycles. The fourth-order valence-corrected chi connectivity index (χ4v) is 4.97. The van der Waals surface area contributed by atoms with E-state index in [1.54, 1.807) is 17.0 Å². The summed E-state index contributed by atoms with van der Waals surface area (Å²) < 4.78 is 32.0. The Kier molecular flexibility index (Phi) is 4.54. The smallest absolute Gasteiger partial charge is 0.247 e. The van der Waals surface area contributed by atoms with Gasteiger partial charge in [-0.05, 0) is 65.5 Å². The van der Waals surface area contributed by atoms with E-state index < -0.39 is 5.95 Å². The molecule has 2 aliphatic heterocycles. The van der Waals surface area contributed by atoms with E-state index in [9.17, 15) is 9.18 Å². The molecule has 12 heteroatoms. The standard InChI is InChI=1S/C23H19ClFN9O/c24-13-1-4-18(33-11-28-31-32-33)16(9-13)12-7-14-2-5-19(34(14)21(35)8-12)23-27-10-17(29-23)15-3-6-20(26)30-22(15)25/h1,3-4,6,8-11,14,19H,2,5,7H2,(H2,26,30)(H,27,29)/t14-,19-/m1/s1/i4D,6D. The van der Waals surface area contributed by atoms with E-state index in [4.69, 9.17) is 20.1 Å². The third-order valence-electron chi connectivity index (χ3n) is 6.32. The maximum absolute atomic E-state index is 14.4. The number of aromatic amines is 1. The summed E-state index contributed by atoms with van der Waals surface area (Å²) in [4.78, 5) is 26.3. The molecular formula is C23H19ClFN9O. The number of fused-ring (bicyclic) bond motifs is 1. The van der Waals surface area contributed by atoms with Crippen LogP contribution in [0.15, 0.2) is 48.9 Å². The minimum Gasteiger partial charge on any atom is -0.384 e. The Morgan fingerprint density at radius 1 is 1.26 bits per heavy atom. The highest BCUT2D eigenvalue weighted by atomic mass is 35.5. The SMILES string of the molecule is [2H]c1cc(-c2cnc([C@H]3CC[C@@H]4CC(c5cc(Cl)cc([2H])c5-n5cnnn5)=CC(=O)N43)[nH]2)c(F)nc1N. The summed E-state index contributed by atoms with van der Waals surface area (Å²) in [7, 11) is 0. The van der Waals surface area contributed by atoms with E-state index in [0.717, 1.165) is 12.0 Å². The zero-order valence-electron chi connectivity index (χ0n) is 20.1. The number of rotatable bonds is 4. The van der Waals surface area contributed by atoms with Crippen LogP contribution in [0, 0.1) is 5.95 Å². The Bertz CT molecular complexity index is 1570. The first-order valence-corrected chi connectivity index (χ1v) is 11.2. The van der Waals surface area contributed by atoms with Gasteiger partial charge in [0.2, 0.25) is 11.9 Å². The largest absolute Gasteiger partial charge is 0.384 e. The number of pyridine rings is 1. The molecule has 176 valence electrons. The van der Waals surface area contributed by atoms with Crippen LogP contribution in [0.25, 0.3) is 22.5 Å². The predicted molar refractivity (Wildman–Crippen MR) is 126 cm³/mol. The third-order valence-corrected chi connectivity index (χ3v) is 6.54. The van der Waals surface area contributed by atoms with E-state index in [0.29, 0.717) is 40.6 Å². The second-order valence-electron chi connectivity index (χ2n) is 8.37. The molecule has 1 saturated heterocycles. The molecule has 0 radical (unpaired) electrons. The van der Waals surface area contributed by atoms with Crippen LogP contribution >= 0.6 is 11.6 Å². The highest BCUT2D eigenvalue weighted by Crippen LogP contribution is 2.43. The van der Waals surface area contributed by atoms with Crippen molar-refractivity contribution < 1.29 is 11.9 Å². The van der Waals surface area contributed by atoms with Gasteiger partial charge in [0.05, 0.1) is 31.9 Å². The molecule has 3 aromatic heterocycles. The van der Waals surface area contributed by atoms with E-state index in [2.05, 4.69) is 30.5 Å². The second kappa shape index (κ2) is 8.27. The molecule has 6 rings (SSSR count). The quantitative estimate of drug-likeness (QED) is 0.417. The molecule has 10 nitrogen and oxygen atoms in total. The van der Waals surface area contributed by atoms with Crippen molar-refractivity contribution >= 4 is 28.9 Å². The highest BCUT2D eigenvalue weighted by Gasteiger charge is 2.41. The first-order valence-electron chi connectivity index (χ1n) is 11.8. The number of tetrazole rings is 1. The molecule has 1 aromatic carbocycles. The number of halogens is 2. The Hall–Kier alpha value is -4.12. The number of aromatic nitrogens is 7. The Balaban J connectivity index is 1.32. The number of imidazole rings is 1. The lowest BCUT2D eigenvalue weighted by Gasteiger charge is -2.33. The van der Waals surface area contributed by atoms with Crippen LogP contribution in [-0.4, -0.2) is 52.0 Å². The number of H-pyrrole nitrogens is 1. The zero-order chi connectivity index (χ0) is 25.8. The van der Waals surface area contributed by atoms with Crippen LogP contribution in [0.3, 0.4) is 0 Å². The summed E-state index contributed by atoms with van der Waals surface area (Å²) in [5.41, 5.74) is 7.77. The van der Waals surface area contributed by atoms with Gasteiger partial charge in [-0.25, -0.2) is 9.97 Å². The van der Waals surface area contributed by atoms with Gasteiger partial charge in [0.1, 0.15) is 18.0 Å². The monoisotopic (exact) mass is 493 g/mol. The fourth-order valence-electron chi connectivity index (χ4n) is 4.81. The van der Waals surface area contributed by atoms with Crippen molar-refractivity contribution in [2.75, 3.05) is 5.73 Å². The van der Waals surface area contributed by atoms with E-state index in [1.807, 2.05) is 0 Å². The molecule has 1 amide bonds. The number of amides is 1. The molecule has 0 bridgehead atoms. The lowest BCUT2D eigenvalue weighted by molar-refractivity contribution is -0.129. The Labute approximate surface area is 206 Å². The van der Waals surface area contributed by atoms with Crippen LogP contribution < -0.4 is 5.73 Å². The van der Waals surface area contributed by atoms with Crippen molar-refractivity contribution in [3.63, 3.8) is 0 Å². The number of nitrogens with two attached hydrogens (primary N) is 1. The van der Waals surface area contributed by atoms with Crippen LogP contribution in [0.1, 0.15) is 39.4 Å². The molecule has 2 atom stereocenters. The van der Waals surface area contributed by atoms with Crippen LogP contribution in [0.4, 0.5) is 10.2 Å². The topological polar surface area (TPSA) is 132 Å². The molecule has 2 aliphatic rings. The molecule has 0 unspecified atom stereocenters. The van der Waals surface area contributed by atoms with Crippen LogP contribution in [0.5, 0.6) is 0 Å². The van der Waals surface area contributed by atoms with Gasteiger partial charge in [-0.15, -0.1) is 5.10 Å². The maximum atomic E-state index is 14.4. The van der Waals surface area contributed by atoms with Crippen LogP contribution in [-0.2, 0) is 4.79 Å². The molecule has 35 heavy (non-hydrogen) atoms. The Morgan fingerprint density at radius 2 is 2.14 bits per heavy atom.